The summed E-state index contributed by atoms with van der Waals surface area (Å²) in [4.78, 5) is 17.6. The van der Waals surface area contributed by atoms with Gasteiger partial charge >= 0.3 is 0 Å². The average molecular weight is 437 g/mol. The van der Waals surface area contributed by atoms with Crippen molar-refractivity contribution in [1.29, 1.82) is 0 Å². The van der Waals surface area contributed by atoms with Gasteiger partial charge in [-0.1, -0.05) is 35.3 Å². The van der Waals surface area contributed by atoms with Crippen molar-refractivity contribution in [3.63, 3.8) is 0 Å². The molecule has 0 aliphatic heterocycles. The van der Waals surface area contributed by atoms with Crippen molar-refractivity contribution in [2.45, 2.75) is 12.8 Å². The normalized spacial score (nSPS) is 10.6. The van der Waals surface area contributed by atoms with Crippen LogP contribution in [0.5, 0.6) is 11.5 Å². The number of hydrogen-bond donors (Lipinski definition) is 1. The van der Waals surface area contributed by atoms with Gasteiger partial charge in [-0.15, -0.1) is 11.3 Å². The maximum atomic E-state index is 12.3. The quantitative estimate of drug-likeness (QED) is 0.549. The lowest BCUT2D eigenvalue weighted by atomic mass is 10.1. The van der Waals surface area contributed by atoms with Gasteiger partial charge in [-0.25, -0.2) is 4.98 Å². The standard InChI is InChI=1S/C20H18Cl2N2O3S/c1-26-17-6-4-13(9-18(17)27-2)10-19(25)24-20-23-11-14(28-20)7-12-3-5-15(21)16(22)8-12/h3-6,8-9,11H,7,10H2,1-2H3,(H,23,24,25). The molecule has 3 aromatic rings. The lowest BCUT2D eigenvalue weighted by Gasteiger charge is -2.09. The number of aromatic nitrogens is 1. The average Bonchev–Trinajstić information content (AvgIpc) is 3.11. The predicted octanol–water partition coefficient (Wildman–Crippen LogP) is 5.24. The number of hydrogen-bond acceptors (Lipinski definition) is 5. The summed E-state index contributed by atoms with van der Waals surface area (Å²) >= 11 is 13.4. The number of nitrogens with one attached hydrogen (secondary N) is 1. The largest absolute Gasteiger partial charge is 0.493 e. The Kier molecular flexibility index (Phi) is 6.78. The lowest BCUT2D eigenvalue weighted by molar-refractivity contribution is -0.115. The molecule has 28 heavy (non-hydrogen) atoms. The minimum absolute atomic E-state index is 0.150. The fourth-order valence-corrected chi connectivity index (χ4v) is 3.82. The van der Waals surface area contributed by atoms with E-state index in [0.29, 0.717) is 33.1 Å². The molecule has 0 unspecified atom stereocenters. The molecular weight excluding hydrogens is 419 g/mol. The summed E-state index contributed by atoms with van der Waals surface area (Å²) in [5.41, 5.74) is 1.85. The van der Waals surface area contributed by atoms with Crippen LogP contribution in [0.25, 0.3) is 0 Å². The van der Waals surface area contributed by atoms with Crippen molar-refractivity contribution in [1.82, 2.24) is 4.98 Å². The summed E-state index contributed by atoms with van der Waals surface area (Å²) in [6.45, 7) is 0. The molecule has 0 saturated carbocycles. The summed E-state index contributed by atoms with van der Waals surface area (Å²) in [7, 11) is 3.13. The molecule has 0 fully saturated rings. The highest BCUT2D eigenvalue weighted by molar-refractivity contribution is 7.15. The SMILES string of the molecule is COc1ccc(CC(=O)Nc2ncc(Cc3ccc(Cl)c(Cl)c3)s2)cc1OC. The van der Waals surface area contributed by atoms with E-state index in [9.17, 15) is 4.79 Å². The van der Waals surface area contributed by atoms with E-state index in [1.165, 1.54) is 11.3 Å². The Bertz CT molecular complexity index is 991. The minimum Gasteiger partial charge on any atom is -0.493 e. The molecule has 8 heteroatoms. The van der Waals surface area contributed by atoms with Crippen molar-refractivity contribution in [2.75, 3.05) is 19.5 Å². The molecule has 1 aromatic heterocycles. The van der Waals surface area contributed by atoms with Gasteiger partial charge in [0.15, 0.2) is 16.6 Å². The molecule has 1 amide bonds. The summed E-state index contributed by atoms with van der Waals surface area (Å²) in [5, 5.41) is 4.43. The molecule has 2 aromatic carbocycles. The molecule has 1 heterocycles. The number of amides is 1. The smallest absolute Gasteiger partial charge is 0.230 e. The number of carbonyl (C=O) groups excluding carboxylic acids is 1. The molecule has 0 bridgehead atoms. The van der Waals surface area contributed by atoms with Gasteiger partial charge in [0.25, 0.3) is 0 Å². The zero-order valence-electron chi connectivity index (χ0n) is 15.3. The number of anilines is 1. The van der Waals surface area contributed by atoms with Crippen LogP contribution in [0.15, 0.2) is 42.6 Å². The third-order valence-electron chi connectivity index (χ3n) is 3.97. The van der Waals surface area contributed by atoms with Crippen LogP contribution >= 0.6 is 34.5 Å². The van der Waals surface area contributed by atoms with Gasteiger partial charge in [-0.3, -0.25) is 4.79 Å². The van der Waals surface area contributed by atoms with Gasteiger partial charge in [0.1, 0.15) is 0 Å². The molecule has 1 N–H and O–H groups in total. The first kappa shape index (κ1) is 20.5. The highest BCUT2D eigenvalue weighted by atomic mass is 35.5. The molecule has 0 spiro atoms. The molecule has 0 atom stereocenters. The number of rotatable bonds is 7. The monoisotopic (exact) mass is 436 g/mol. The van der Waals surface area contributed by atoms with Crippen molar-refractivity contribution in [2.24, 2.45) is 0 Å². The van der Waals surface area contributed by atoms with Crippen LogP contribution in [0.4, 0.5) is 5.13 Å². The fourth-order valence-electron chi connectivity index (χ4n) is 2.64. The molecule has 3 rings (SSSR count). The topological polar surface area (TPSA) is 60.5 Å². The van der Waals surface area contributed by atoms with Crippen molar-refractivity contribution in [3.8, 4) is 11.5 Å². The van der Waals surface area contributed by atoms with Crippen LogP contribution < -0.4 is 14.8 Å². The molecule has 0 saturated heterocycles. The molecule has 0 aliphatic carbocycles. The third kappa shape index (κ3) is 5.16. The van der Waals surface area contributed by atoms with Gasteiger partial charge in [-0.2, -0.15) is 0 Å². The maximum Gasteiger partial charge on any atom is 0.230 e. The molecule has 0 radical (unpaired) electrons. The number of thiazole rings is 1. The van der Waals surface area contributed by atoms with Crippen LogP contribution in [0.2, 0.25) is 10.0 Å². The molecule has 0 aliphatic rings. The number of nitrogens with zero attached hydrogens (tertiary/aromatic N) is 1. The lowest BCUT2D eigenvalue weighted by Crippen LogP contribution is -2.14. The van der Waals surface area contributed by atoms with Gasteiger partial charge in [0.2, 0.25) is 5.91 Å². The second-order valence-corrected chi connectivity index (χ2v) is 7.90. The first-order chi connectivity index (χ1) is 13.5. The fraction of sp³-hybridized carbons (Fsp3) is 0.200. The number of benzene rings is 2. The number of ether oxygens (including phenoxy) is 2. The Hall–Kier alpha value is -2.28. The van der Waals surface area contributed by atoms with Crippen LogP contribution in [-0.2, 0) is 17.6 Å². The minimum atomic E-state index is -0.150. The van der Waals surface area contributed by atoms with E-state index in [-0.39, 0.29) is 12.3 Å². The van der Waals surface area contributed by atoms with Gasteiger partial charge in [0.05, 0.1) is 30.7 Å². The number of methoxy groups -OCH3 is 2. The molecular formula is C20H18Cl2N2O3S. The second kappa shape index (κ2) is 9.28. The van der Waals surface area contributed by atoms with Crippen molar-refractivity contribution >= 4 is 45.6 Å². The van der Waals surface area contributed by atoms with E-state index in [4.69, 9.17) is 32.7 Å². The Labute approximate surface area is 177 Å². The first-order valence-corrected chi connectivity index (χ1v) is 9.95. The van der Waals surface area contributed by atoms with E-state index < -0.39 is 0 Å². The van der Waals surface area contributed by atoms with Crippen LogP contribution in [-0.4, -0.2) is 25.1 Å². The maximum absolute atomic E-state index is 12.3. The third-order valence-corrected chi connectivity index (χ3v) is 5.63. The summed E-state index contributed by atoms with van der Waals surface area (Å²) < 4.78 is 10.5. The zero-order valence-corrected chi connectivity index (χ0v) is 17.6. The number of carbonyl (C=O) groups is 1. The Morgan fingerprint density at radius 3 is 2.50 bits per heavy atom. The van der Waals surface area contributed by atoms with Gasteiger partial charge < -0.3 is 14.8 Å². The van der Waals surface area contributed by atoms with E-state index in [2.05, 4.69) is 10.3 Å². The highest BCUT2D eigenvalue weighted by Gasteiger charge is 2.11. The zero-order chi connectivity index (χ0) is 20.1. The van der Waals surface area contributed by atoms with Gasteiger partial charge in [0, 0.05) is 17.5 Å². The molecule has 5 nitrogen and oxygen atoms in total. The Morgan fingerprint density at radius 2 is 1.79 bits per heavy atom. The van der Waals surface area contributed by atoms with E-state index in [1.54, 1.807) is 38.6 Å². The molecule has 146 valence electrons. The van der Waals surface area contributed by atoms with Crippen molar-refractivity contribution < 1.29 is 14.3 Å². The van der Waals surface area contributed by atoms with E-state index in [0.717, 1.165) is 16.0 Å². The van der Waals surface area contributed by atoms with E-state index in [1.807, 2.05) is 18.2 Å². The van der Waals surface area contributed by atoms with E-state index >= 15 is 0 Å². The summed E-state index contributed by atoms with van der Waals surface area (Å²) in [6, 6.07) is 10.9. The second-order valence-electron chi connectivity index (χ2n) is 5.97. The first-order valence-electron chi connectivity index (χ1n) is 8.38. The Morgan fingerprint density at radius 1 is 1.04 bits per heavy atom. The summed E-state index contributed by atoms with van der Waals surface area (Å²) in [6.07, 6.45) is 2.63. The predicted molar refractivity (Wildman–Crippen MR) is 113 cm³/mol. The van der Waals surface area contributed by atoms with Crippen molar-refractivity contribution in [3.05, 3.63) is 68.6 Å². The van der Waals surface area contributed by atoms with Gasteiger partial charge in [-0.05, 0) is 35.4 Å². The Balaban J connectivity index is 1.61. The van der Waals surface area contributed by atoms with Crippen LogP contribution in [0, 0.1) is 0 Å². The highest BCUT2D eigenvalue weighted by Crippen LogP contribution is 2.28. The summed E-state index contributed by atoms with van der Waals surface area (Å²) in [5.74, 6) is 1.06. The van der Waals surface area contributed by atoms with Crippen LogP contribution in [0.3, 0.4) is 0 Å². The number of halogens is 2. The van der Waals surface area contributed by atoms with Crippen LogP contribution in [0.1, 0.15) is 16.0 Å².